The fraction of sp³-hybridized carbons (Fsp3) is 0.562. The van der Waals surface area contributed by atoms with Crippen LogP contribution < -0.4 is 14.9 Å². The van der Waals surface area contributed by atoms with Crippen molar-refractivity contribution >= 4 is 29.7 Å². The van der Waals surface area contributed by atoms with E-state index in [2.05, 4.69) is 21.0 Å². The van der Waals surface area contributed by atoms with E-state index in [1.165, 1.54) is 37.6 Å². The van der Waals surface area contributed by atoms with Crippen LogP contribution >= 0.6 is 11.9 Å². The monoisotopic (exact) mass is 321 g/mol. The molecular formula is C16H23N3O2S. The molecule has 1 aliphatic carbocycles. The molecule has 5 nitrogen and oxygen atoms in total. The maximum Gasteiger partial charge on any atom is 0.211 e. The molecule has 1 amide bonds. The Hall–Kier alpha value is -1.24. The predicted molar refractivity (Wildman–Crippen MR) is 90.2 cm³/mol. The quantitative estimate of drug-likeness (QED) is 0.408. The molecule has 1 saturated heterocycles. The van der Waals surface area contributed by atoms with Gasteiger partial charge in [0.25, 0.3) is 0 Å². The normalized spacial score (nSPS) is 19.2. The molecule has 1 heterocycles. The first-order chi connectivity index (χ1) is 10.8. The highest BCUT2D eigenvalue weighted by atomic mass is 32.2. The molecule has 0 radical (unpaired) electrons. The molecule has 0 aromatic heterocycles. The first kappa shape index (κ1) is 15.6. The first-order valence-electron chi connectivity index (χ1n) is 7.86. The minimum atomic E-state index is 0.124. The zero-order chi connectivity index (χ0) is 15.4. The number of carbonyl (C=O) groups is 1. The molecule has 0 unspecified atom stereocenters. The Morgan fingerprint density at radius 3 is 2.68 bits per heavy atom. The van der Waals surface area contributed by atoms with Gasteiger partial charge in [-0.1, -0.05) is 0 Å². The van der Waals surface area contributed by atoms with Crippen LogP contribution in [-0.2, 0) is 4.79 Å². The topological polar surface area (TPSA) is 64.6 Å². The number of carbonyl (C=O) groups excluding carboxylic acids is 1. The van der Waals surface area contributed by atoms with Crippen molar-refractivity contribution in [2.24, 2.45) is 5.41 Å². The van der Waals surface area contributed by atoms with Crippen LogP contribution in [0.3, 0.4) is 0 Å². The van der Waals surface area contributed by atoms with Crippen molar-refractivity contribution in [3.8, 4) is 0 Å². The van der Waals surface area contributed by atoms with Crippen molar-refractivity contribution in [3.05, 3.63) is 18.2 Å². The number of benzene rings is 1. The van der Waals surface area contributed by atoms with Gasteiger partial charge in [0.05, 0.1) is 18.0 Å². The maximum atomic E-state index is 10.8. The highest BCUT2D eigenvalue weighted by Gasteiger charge is 2.44. The summed E-state index contributed by atoms with van der Waals surface area (Å²) >= 11 is 1.51. The van der Waals surface area contributed by atoms with E-state index in [9.17, 15) is 4.79 Å². The van der Waals surface area contributed by atoms with Gasteiger partial charge in [-0.2, -0.15) is 0 Å². The van der Waals surface area contributed by atoms with Gasteiger partial charge in [-0.3, -0.25) is 9.52 Å². The second kappa shape index (κ2) is 6.89. The number of nitrogens with one attached hydrogen (secondary N) is 2. The van der Waals surface area contributed by atoms with E-state index >= 15 is 0 Å². The van der Waals surface area contributed by atoms with Crippen molar-refractivity contribution in [3.63, 3.8) is 0 Å². The zero-order valence-corrected chi connectivity index (χ0v) is 13.5. The zero-order valence-electron chi connectivity index (χ0n) is 12.7. The fourth-order valence-electron chi connectivity index (χ4n) is 3.10. The molecule has 0 atom stereocenters. The van der Waals surface area contributed by atoms with E-state index in [0.29, 0.717) is 12.0 Å². The fourth-order valence-corrected chi connectivity index (χ4v) is 3.77. The summed E-state index contributed by atoms with van der Waals surface area (Å²) in [6, 6.07) is 6.05. The lowest BCUT2D eigenvalue weighted by Gasteiger charge is -2.35. The standard InChI is InChI=1S/C16H23N3O2S/c20-10-7-18-22-13-1-2-14(17-12-21)15(11-13)19-8-5-16(3-4-16)6-9-19/h1-2,11-12,18,20H,3-10H2,(H,17,21). The Kier molecular flexibility index (Phi) is 4.90. The molecule has 1 aliphatic heterocycles. The van der Waals surface area contributed by atoms with Crippen molar-refractivity contribution in [1.29, 1.82) is 0 Å². The van der Waals surface area contributed by atoms with Crippen molar-refractivity contribution in [2.75, 3.05) is 36.5 Å². The van der Waals surface area contributed by atoms with Crippen LogP contribution in [0.1, 0.15) is 25.7 Å². The average Bonchev–Trinajstić information content (AvgIpc) is 3.29. The second-order valence-electron chi connectivity index (χ2n) is 6.15. The lowest BCUT2D eigenvalue weighted by Crippen LogP contribution is -2.34. The van der Waals surface area contributed by atoms with Crippen LogP contribution in [0.4, 0.5) is 11.4 Å². The van der Waals surface area contributed by atoms with Crippen molar-refractivity contribution < 1.29 is 9.90 Å². The van der Waals surface area contributed by atoms with E-state index in [1.807, 2.05) is 12.1 Å². The number of anilines is 2. The summed E-state index contributed by atoms with van der Waals surface area (Å²) in [5.74, 6) is 0. The van der Waals surface area contributed by atoms with Gasteiger partial charge in [0.2, 0.25) is 6.41 Å². The van der Waals surface area contributed by atoms with E-state index < -0.39 is 0 Å². The van der Waals surface area contributed by atoms with E-state index in [1.54, 1.807) is 0 Å². The van der Waals surface area contributed by atoms with Gasteiger partial charge in [-0.05, 0) is 61.2 Å². The lowest BCUT2D eigenvalue weighted by molar-refractivity contribution is -0.105. The number of aliphatic hydroxyl groups is 1. The molecule has 22 heavy (non-hydrogen) atoms. The van der Waals surface area contributed by atoms with Crippen LogP contribution in [0.2, 0.25) is 0 Å². The van der Waals surface area contributed by atoms with Gasteiger partial charge < -0.3 is 15.3 Å². The molecule has 120 valence electrons. The Labute approximate surface area is 135 Å². The molecule has 3 N–H and O–H groups in total. The molecular weight excluding hydrogens is 298 g/mol. The van der Waals surface area contributed by atoms with Gasteiger partial charge in [0.1, 0.15) is 0 Å². The smallest absolute Gasteiger partial charge is 0.211 e. The lowest BCUT2D eigenvalue weighted by atomic mass is 9.93. The number of nitrogens with zero attached hydrogens (tertiary/aromatic N) is 1. The van der Waals surface area contributed by atoms with Crippen LogP contribution in [0.5, 0.6) is 0 Å². The summed E-state index contributed by atoms with van der Waals surface area (Å²) < 4.78 is 3.11. The summed E-state index contributed by atoms with van der Waals surface area (Å²) in [5, 5.41) is 11.7. The molecule has 0 bridgehead atoms. The molecule has 1 aromatic carbocycles. The van der Waals surface area contributed by atoms with Gasteiger partial charge >= 0.3 is 0 Å². The summed E-state index contributed by atoms with van der Waals surface area (Å²) in [5.41, 5.74) is 2.61. The van der Waals surface area contributed by atoms with Crippen LogP contribution in [-0.4, -0.2) is 37.8 Å². The minimum absolute atomic E-state index is 0.124. The molecule has 1 spiro atoms. The number of hydrogen-bond donors (Lipinski definition) is 3. The Morgan fingerprint density at radius 1 is 1.27 bits per heavy atom. The summed E-state index contributed by atoms with van der Waals surface area (Å²) in [7, 11) is 0. The predicted octanol–water partition coefficient (Wildman–Crippen LogP) is 2.22. The summed E-state index contributed by atoms with van der Waals surface area (Å²) in [6.07, 6.45) is 6.03. The van der Waals surface area contributed by atoms with Gasteiger partial charge in [0.15, 0.2) is 0 Å². The first-order valence-corrected chi connectivity index (χ1v) is 8.68. The number of rotatable bonds is 7. The summed E-state index contributed by atoms with van der Waals surface area (Å²) in [6.45, 7) is 2.80. The SMILES string of the molecule is O=CNc1ccc(SNCCO)cc1N1CCC2(CC1)CC2. The van der Waals surface area contributed by atoms with Gasteiger partial charge in [-0.25, -0.2) is 0 Å². The Balaban J connectivity index is 1.73. The second-order valence-corrected chi connectivity index (χ2v) is 7.11. The average molecular weight is 321 g/mol. The van der Waals surface area contributed by atoms with E-state index in [0.717, 1.165) is 35.8 Å². The molecule has 6 heteroatoms. The number of hydrogen-bond acceptors (Lipinski definition) is 5. The summed E-state index contributed by atoms with van der Waals surface area (Å²) in [4.78, 5) is 14.3. The maximum absolute atomic E-state index is 10.8. The van der Waals surface area contributed by atoms with Crippen molar-refractivity contribution in [1.82, 2.24) is 4.72 Å². The molecule has 1 saturated carbocycles. The highest BCUT2D eigenvalue weighted by Crippen LogP contribution is 2.54. The van der Waals surface area contributed by atoms with Gasteiger partial charge in [-0.15, -0.1) is 0 Å². The molecule has 3 rings (SSSR count). The van der Waals surface area contributed by atoms with E-state index in [-0.39, 0.29) is 6.61 Å². The Morgan fingerprint density at radius 2 is 2.05 bits per heavy atom. The third-order valence-electron chi connectivity index (χ3n) is 4.71. The van der Waals surface area contributed by atoms with Crippen LogP contribution in [0.25, 0.3) is 0 Å². The van der Waals surface area contributed by atoms with Gasteiger partial charge in [0, 0.05) is 24.5 Å². The number of amides is 1. The highest BCUT2D eigenvalue weighted by molar-refractivity contribution is 7.97. The minimum Gasteiger partial charge on any atom is -0.395 e. The molecule has 2 aliphatic rings. The number of aliphatic hydroxyl groups excluding tert-OH is 1. The molecule has 1 aromatic rings. The Bertz CT molecular complexity index is 524. The number of piperidine rings is 1. The van der Waals surface area contributed by atoms with Crippen LogP contribution in [0, 0.1) is 5.41 Å². The van der Waals surface area contributed by atoms with E-state index in [4.69, 9.17) is 5.11 Å². The third kappa shape index (κ3) is 3.56. The third-order valence-corrected chi connectivity index (χ3v) is 5.55. The van der Waals surface area contributed by atoms with Crippen molar-refractivity contribution in [2.45, 2.75) is 30.6 Å². The van der Waals surface area contributed by atoms with Crippen LogP contribution in [0.15, 0.2) is 23.1 Å². The largest absolute Gasteiger partial charge is 0.395 e. The molecule has 2 fully saturated rings.